The Bertz CT molecular complexity index is 1300. The monoisotopic (exact) mass is 437 g/mol. The van der Waals surface area contributed by atoms with E-state index in [4.69, 9.17) is 9.47 Å². The molecule has 0 fully saturated rings. The van der Waals surface area contributed by atoms with Gasteiger partial charge in [0, 0.05) is 42.5 Å². The van der Waals surface area contributed by atoms with E-state index in [1.165, 1.54) is 23.8 Å². The lowest BCUT2D eigenvalue weighted by atomic mass is 10.2. The van der Waals surface area contributed by atoms with E-state index in [0.717, 1.165) is 10.9 Å². The molecule has 32 heavy (non-hydrogen) atoms. The smallest absolute Gasteiger partial charge is 0.419 e. The van der Waals surface area contributed by atoms with Crippen molar-refractivity contribution in [1.82, 2.24) is 19.3 Å². The van der Waals surface area contributed by atoms with E-state index in [1.54, 1.807) is 29.2 Å². The van der Waals surface area contributed by atoms with Crippen LogP contribution in [0.4, 0.5) is 20.7 Å². The van der Waals surface area contributed by atoms with Crippen molar-refractivity contribution in [2.45, 2.75) is 26.4 Å². The maximum Gasteiger partial charge on any atom is 0.419 e. The van der Waals surface area contributed by atoms with Crippen LogP contribution in [0, 0.1) is 5.82 Å². The highest BCUT2D eigenvalue weighted by Crippen LogP contribution is 2.32. The third kappa shape index (κ3) is 4.27. The summed E-state index contributed by atoms with van der Waals surface area (Å²) in [6, 6.07) is 7.78. The van der Waals surface area contributed by atoms with Crippen LogP contribution in [0.2, 0.25) is 0 Å². The molecule has 0 amide bonds. The first-order valence-electron chi connectivity index (χ1n) is 9.99. The van der Waals surface area contributed by atoms with E-state index < -0.39 is 17.5 Å². The first kappa shape index (κ1) is 21.4. The zero-order chi connectivity index (χ0) is 23.0. The summed E-state index contributed by atoms with van der Waals surface area (Å²) < 4.78 is 27.6. The molecule has 0 radical (unpaired) electrons. The Balaban J connectivity index is 1.83. The lowest BCUT2D eigenvalue weighted by Gasteiger charge is -2.21. The largest absolute Gasteiger partial charge is 0.494 e. The number of halogens is 1. The molecule has 4 rings (SSSR count). The zero-order valence-electron chi connectivity index (χ0n) is 18.5. The number of aryl methyl sites for hydroxylation is 1. The molecule has 0 spiro atoms. The van der Waals surface area contributed by atoms with Gasteiger partial charge in [-0.2, -0.15) is 5.10 Å². The predicted molar refractivity (Wildman–Crippen MR) is 120 cm³/mol. The van der Waals surface area contributed by atoms with Gasteiger partial charge in [0.2, 0.25) is 0 Å². The summed E-state index contributed by atoms with van der Waals surface area (Å²) in [7, 11) is 3.27. The topological polar surface area (TPSA) is 83.2 Å². The maximum atomic E-state index is 13.5. The second-order valence-corrected chi connectivity index (χ2v) is 8.35. The van der Waals surface area contributed by atoms with Crippen molar-refractivity contribution >= 4 is 28.5 Å². The minimum Gasteiger partial charge on any atom is -0.494 e. The fourth-order valence-electron chi connectivity index (χ4n) is 3.35. The average molecular weight is 437 g/mol. The molecule has 0 saturated heterocycles. The molecule has 0 aliphatic heterocycles. The van der Waals surface area contributed by atoms with Crippen molar-refractivity contribution in [3.8, 4) is 17.0 Å². The number of hydrogen-bond donors (Lipinski definition) is 1. The van der Waals surface area contributed by atoms with Gasteiger partial charge >= 0.3 is 6.09 Å². The molecule has 4 aromatic rings. The first-order chi connectivity index (χ1) is 15.1. The number of carbonyl (C=O) groups is 1. The molecule has 1 aromatic carbocycles. The number of anilines is 2. The molecule has 3 aromatic heterocycles. The highest BCUT2D eigenvalue weighted by molar-refractivity contribution is 5.97. The van der Waals surface area contributed by atoms with Crippen LogP contribution < -0.4 is 10.1 Å². The molecular weight excluding hydrogens is 413 g/mol. The fourth-order valence-corrected chi connectivity index (χ4v) is 3.35. The van der Waals surface area contributed by atoms with Crippen LogP contribution in [-0.2, 0) is 11.8 Å². The lowest BCUT2D eigenvalue weighted by Crippen LogP contribution is -2.27. The van der Waals surface area contributed by atoms with Crippen molar-refractivity contribution in [3.63, 3.8) is 0 Å². The quantitative estimate of drug-likeness (QED) is 0.478. The van der Waals surface area contributed by atoms with Gasteiger partial charge in [-0.25, -0.2) is 18.7 Å². The highest BCUT2D eigenvalue weighted by Gasteiger charge is 2.24. The van der Waals surface area contributed by atoms with E-state index in [-0.39, 0.29) is 0 Å². The minimum atomic E-state index is -0.671. The molecule has 3 heterocycles. The molecule has 9 heteroatoms. The number of hydrogen-bond acceptors (Lipinski definition) is 6. The Morgan fingerprint density at radius 1 is 1.16 bits per heavy atom. The van der Waals surface area contributed by atoms with Gasteiger partial charge < -0.3 is 14.8 Å². The molecule has 0 unspecified atom stereocenters. The Morgan fingerprint density at radius 2 is 1.94 bits per heavy atom. The Kier molecular flexibility index (Phi) is 5.33. The van der Waals surface area contributed by atoms with E-state index in [9.17, 15) is 9.18 Å². The summed E-state index contributed by atoms with van der Waals surface area (Å²) >= 11 is 0. The number of ether oxygens (including phenoxy) is 2. The van der Waals surface area contributed by atoms with Gasteiger partial charge in [-0.15, -0.1) is 0 Å². The molecule has 0 aliphatic rings. The van der Waals surface area contributed by atoms with Crippen molar-refractivity contribution in [1.29, 1.82) is 0 Å². The number of fused-ring (bicyclic) bond motifs is 1. The second kappa shape index (κ2) is 7.99. The normalized spacial score (nSPS) is 11.6. The number of benzene rings is 1. The van der Waals surface area contributed by atoms with Gasteiger partial charge in [0.15, 0.2) is 0 Å². The van der Waals surface area contributed by atoms with Crippen LogP contribution in [0.3, 0.4) is 0 Å². The third-order valence-electron chi connectivity index (χ3n) is 4.69. The Labute approximate surface area is 184 Å². The maximum absolute atomic E-state index is 13.5. The first-order valence-corrected chi connectivity index (χ1v) is 9.99. The van der Waals surface area contributed by atoms with E-state index >= 15 is 0 Å². The van der Waals surface area contributed by atoms with Crippen LogP contribution in [0.25, 0.3) is 22.2 Å². The number of carbonyl (C=O) groups excluding carboxylic acids is 1. The number of nitrogens with zero attached hydrogens (tertiary/aromatic N) is 4. The third-order valence-corrected chi connectivity index (χ3v) is 4.69. The van der Waals surface area contributed by atoms with Gasteiger partial charge in [-0.1, -0.05) is 0 Å². The van der Waals surface area contributed by atoms with E-state index in [1.807, 2.05) is 40.1 Å². The lowest BCUT2D eigenvalue weighted by molar-refractivity contribution is 0.0547. The van der Waals surface area contributed by atoms with Crippen LogP contribution in [0.5, 0.6) is 5.75 Å². The molecule has 166 valence electrons. The van der Waals surface area contributed by atoms with E-state index in [2.05, 4.69) is 15.4 Å². The van der Waals surface area contributed by atoms with Crippen LogP contribution >= 0.6 is 0 Å². The summed E-state index contributed by atoms with van der Waals surface area (Å²) in [5.74, 6) is 0.393. The molecule has 0 atom stereocenters. The van der Waals surface area contributed by atoms with Crippen LogP contribution in [0.1, 0.15) is 20.8 Å². The Hall–Kier alpha value is -3.88. The van der Waals surface area contributed by atoms with Crippen molar-refractivity contribution in [3.05, 3.63) is 54.7 Å². The number of methoxy groups -OCH3 is 1. The molecule has 1 N–H and O–H groups in total. The van der Waals surface area contributed by atoms with Gasteiger partial charge in [0.25, 0.3) is 0 Å². The number of pyridine rings is 1. The highest BCUT2D eigenvalue weighted by atomic mass is 19.1. The molecule has 8 nitrogen and oxygen atoms in total. The summed E-state index contributed by atoms with van der Waals surface area (Å²) in [6.45, 7) is 5.45. The molecule has 0 saturated carbocycles. The van der Waals surface area contributed by atoms with E-state index in [0.29, 0.717) is 28.5 Å². The van der Waals surface area contributed by atoms with Crippen molar-refractivity contribution in [2.24, 2.45) is 7.05 Å². The standard InChI is InChI=1S/C23H24FN5O3/c1-23(2,3)32-22(30)29-18(15-12-26-28(4)13-15)8-14-11-25-21(10-19(14)29)27-17-7-6-16(24)9-20(17)31-5/h6-13H,1-5H3,(H,25,27). The Morgan fingerprint density at radius 3 is 2.59 bits per heavy atom. The second-order valence-electron chi connectivity index (χ2n) is 8.35. The number of rotatable bonds is 4. The van der Waals surface area contributed by atoms with Crippen molar-refractivity contribution < 1.29 is 18.7 Å². The number of nitrogens with one attached hydrogen (secondary N) is 1. The van der Waals surface area contributed by atoms with Crippen molar-refractivity contribution in [2.75, 3.05) is 12.4 Å². The van der Waals surface area contributed by atoms with Gasteiger partial charge in [-0.3, -0.25) is 4.68 Å². The predicted octanol–water partition coefficient (Wildman–Crippen LogP) is 5.11. The summed E-state index contributed by atoms with van der Waals surface area (Å²) in [4.78, 5) is 17.6. The minimum absolute atomic E-state index is 0.338. The van der Waals surface area contributed by atoms with Gasteiger partial charge in [0.1, 0.15) is 23.0 Å². The zero-order valence-corrected chi connectivity index (χ0v) is 18.5. The van der Waals surface area contributed by atoms with Crippen LogP contribution in [0.15, 0.2) is 48.9 Å². The summed E-state index contributed by atoms with van der Waals surface area (Å²) in [5.41, 5.74) is 1.89. The molecule has 0 bridgehead atoms. The molecule has 0 aliphatic carbocycles. The summed E-state index contributed by atoms with van der Waals surface area (Å²) in [5, 5.41) is 8.10. The van der Waals surface area contributed by atoms with Crippen LogP contribution in [-0.4, -0.2) is 38.1 Å². The van der Waals surface area contributed by atoms with Gasteiger partial charge in [0.05, 0.1) is 30.2 Å². The SMILES string of the molecule is COc1cc(F)ccc1Nc1cc2c(cn1)cc(-c1cnn(C)c1)n2C(=O)OC(C)(C)C. The number of aromatic nitrogens is 4. The fraction of sp³-hybridized carbons (Fsp3) is 0.261. The average Bonchev–Trinajstić information content (AvgIpc) is 3.31. The molecular formula is C23H24FN5O3. The van der Waals surface area contributed by atoms with Gasteiger partial charge in [-0.05, 0) is 39.0 Å². The summed E-state index contributed by atoms with van der Waals surface area (Å²) in [6.07, 6.45) is 4.66.